The monoisotopic (exact) mass is 288 g/mol. The molecule has 0 bridgehead atoms. The molecule has 0 fully saturated rings. The van der Waals surface area contributed by atoms with Crippen LogP contribution in [0.2, 0.25) is 0 Å². The Morgan fingerprint density at radius 2 is 1.81 bits per heavy atom. The highest BCUT2D eigenvalue weighted by Gasteiger charge is 2.04. The smallest absolute Gasteiger partial charge is 0.132 e. The van der Waals surface area contributed by atoms with Crippen molar-refractivity contribution >= 4 is 11.6 Å². The van der Waals surface area contributed by atoms with Crippen LogP contribution in [-0.4, -0.2) is 32.6 Å². The Bertz CT molecular complexity index is 563. The lowest BCUT2D eigenvalue weighted by Gasteiger charge is -2.10. The van der Waals surface area contributed by atoms with E-state index >= 15 is 0 Å². The molecular formula is C15H24N6. The summed E-state index contributed by atoms with van der Waals surface area (Å²) < 4.78 is 2.04. The molecule has 6 nitrogen and oxygen atoms in total. The van der Waals surface area contributed by atoms with Crippen molar-refractivity contribution in [2.75, 3.05) is 23.7 Å². The molecule has 21 heavy (non-hydrogen) atoms. The highest BCUT2D eigenvalue weighted by Crippen LogP contribution is 2.12. The Morgan fingerprint density at radius 3 is 2.38 bits per heavy atom. The van der Waals surface area contributed by atoms with Crippen molar-refractivity contribution in [3.8, 4) is 0 Å². The molecule has 0 saturated heterocycles. The van der Waals surface area contributed by atoms with Gasteiger partial charge in [-0.3, -0.25) is 0 Å². The van der Waals surface area contributed by atoms with Gasteiger partial charge < -0.3 is 15.2 Å². The van der Waals surface area contributed by atoms with Crippen molar-refractivity contribution in [1.29, 1.82) is 0 Å². The Morgan fingerprint density at radius 1 is 1.10 bits per heavy atom. The van der Waals surface area contributed by atoms with E-state index in [9.17, 15) is 0 Å². The van der Waals surface area contributed by atoms with Crippen LogP contribution in [0.4, 0.5) is 11.6 Å². The molecule has 2 rings (SSSR count). The summed E-state index contributed by atoms with van der Waals surface area (Å²) in [4.78, 5) is 13.3. The second-order valence-corrected chi connectivity index (χ2v) is 4.97. The van der Waals surface area contributed by atoms with Crippen molar-refractivity contribution in [2.45, 2.75) is 33.1 Å². The van der Waals surface area contributed by atoms with Crippen LogP contribution in [0.1, 0.15) is 31.9 Å². The normalized spacial score (nSPS) is 10.6. The fourth-order valence-electron chi connectivity index (χ4n) is 2.03. The molecule has 0 spiro atoms. The van der Waals surface area contributed by atoms with Crippen LogP contribution < -0.4 is 10.6 Å². The van der Waals surface area contributed by atoms with Crippen molar-refractivity contribution in [1.82, 2.24) is 19.5 Å². The summed E-state index contributed by atoms with van der Waals surface area (Å²) in [6, 6.07) is 1.97. The van der Waals surface area contributed by atoms with Gasteiger partial charge in [-0.25, -0.2) is 15.0 Å². The average Bonchev–Trinajstić information content (AvgIpc) is 2.90. The molecule has 114 valence electrons. The second kappa shape index (κ2) is 7.61. The van der Waals surface area contributed by atoms with Gasteiger partial charge in [-0.1, -0.05) is 13.8 Å². The fourth-order valence-corrected chi connectivity index (χ4v) is 2.03. The van der Waals surface area contributed by atoms with Crippen molar-refractivity contribution in [2.24, 2.45) is 7.05 Å². The molecule has 0 amide bonds. The largest absolute Gasteiger partial charge is 0.370 e. The van der Waals surface area contributed by atoms with Crippen molar-refractivity contribution in [3.05, 3.63) is 30.1 Å². The molecule has 6 heteroatoms. The molecule has 0 saturated carbocycles. The van der Waals surface area contributed by atoms with E-state index in [-0.39, 0.29) is 0 Å². The first kappa shape index (κ1) is 15.3. The number of hydrogen-bond acceptors (Lipinski definition) is 5. The molecule has 2 aromatic rings. The highest BCUT2D eigenvalue weighted by atomic mass is 15.1. The molecule has 2 N–H and O–H groups in total. The van der Waals surface area contributed by atoms with E-state index in [0.29, 0.717) is 0 Å². The number of rotatable bonds is 8. The molecule has 2 heterocycles. The van der Waals surface area contributed by atoms with E-state index in [0.717, 1.165) is 55.6 Å². The first-order valence-corrected chi connectivity index (χ1v) is 7.54. The van der Waals surface area contributed by atoms with E-state index in [1.807, 2.05) is 30.1 Å². The summed E-state index contributed by atoms with van der Waals surface area (Å²) in [5.74, 6) is 3.69. The molecule has 2 aromatic heterocycles. The Balaban J connectivity index is 1.96. The summed E-state index contributed by atoms with van der Waals surface area (Å²) in [6.07, 6.45) is 6.56. The van der Waals surface area contributed by atoms with Gasteiger partial charge in [0.1, 0.15) is 23.3 Å². The summed E-state index contributed by atoms with van der Waals surface area (Å²) in [5.41, 5.74) is 0. The predicted molar refractivity (Wildman–Crippen MR) is 85.6 cm³/mol. The van der Waals surface area contributed by atoms with Gasteiger partial charge in [0.2, 0.25) is 0 Å². The van der Waals surface area contributed by atoms with Crippen LogP contribution in [0.5, 0.6) is 0 Å². The minimum atomic E-state index is 0.804. The number of nitrogens with one attached hydrogen (secondary N) is 2. The summed E-state index contributed by atoms with van der Waals surface area (Å²) >= 11 is 0. The summed E-state index contributed by atoms with van der Waals surface area (Å²) in [5, 5.41) is 6.67. The Hall–Kier alpha value is -2.11. The minimum absolute atomic E-state index is 0.804. The van der Waals surface area contributed by atoms with Crippen LogP contribution >= 0.6 is 0 Å². The van der Waals surface area contributed by atoms with Crippen LogP contribution in [0.15, 0.2) is 18.5 Å². The number of aryl methyl sites for hydroxylation is 2. The molecule has 0 atom stereocenters. The standard InChI is InChI=1S/C15H24N6/c1-4-7-16-13-11-14(20-12(5-2)19-13)17-8-6-15-18-9-10-21(15)3/h9-11H,4-8H2,1-3H3,(H2,16,17,19,20). The van der Waals surface area contributed by atoms with Gasteiger partial charge in [-0.15, -0.1) is 0 Å². The third kappa shape index (κ3) is 4.44. The Labute approximate surface area is 126 Å². The van der Waals surface area contributed by atoms with Crippen LogP contribution in [-0.2, 0) is 19.9 Å². The third-order valence-corrected chi connectivity index (χ3v) is 3.22. The first-order valence-electron chi connectivity index (χ1n) is 7.54. The summed E-state index contributed by atoms with van der Waals surface area (Å²) in [6.45, 7) is 5.93. The zero-order chi connectivity index (χ0) is 15.1. The highest BCUT2D eigenvalue weighted by molar-refractivity contribution is 5.47. The van der Waals surface area contributed by atoms with Crippen molar-refractivity contribution < 1.29 is 0 Å². The van der Waals surface area contributed by atoms with Gasteiger partial charge in [0.05, 0.1) is 0 Å². The molecule has 0 aliphatic rings. The van der Waals surface area contributed by atoms with E-state index in [4.69, 9.17) is 0 Å². The number of hydrogen-bond donors (Lipinski definition) is 2. The fraction of sp³-hybridized carbons (Fsp3) is 0.533. The van der Waals surface area contributed by atoms with Gasteiger partial charge in [-0.2, -0.15) is 0 Å². The van der Waals surface area contributed by atoms with Crippen LogP contribution in [0, 0.1) is 0 Å². The first-order chi connectivity index (χ1) is 10.2. The lowest BCUT2D eigenvalue weighted by atomic mass is 10.3. The SMILES string of the molecule is CCCNc1cc(NCCc2nccn2C)nc(CC)n1. The van der Waals surface area contributed by atoms with Crippen LogP contribution in [0.25, 0.3) is 0 Å². The summed E-state index contributed by atoms with van der Waals surface area (Å²) in [7, 11) is 2.01. The van der Waals surface area contributed by atoms with E-state index < -0.39 is 0 Å². The minimum Gasteiger partial charge on any atom is -0.370 e. The lowest BCUT2D eigenvalue weighted by molar-refractivity contribution is 0.787. The maximum atomic E-state index is 4.51. The van der Waals surface area contributed by atoms with Gasteiger partial charge >= 0.3 is 0 Å². The second-order valence-electron chi connectivity index (χ2n) is 4.97. The quantitative estimate of drug-likeness (QED) is 0.780. The van der Waals surface area contributed by atoms with E-state index in [1.165, 1.54) is 0 Å². The van der Waals surface area contributed by atoms with Crippen LogP contribution in [0.3, 0.4) is 0 Å². The third-order valence-electron chi connectivity index (χ3n) is 3.22. The zero-order valence-corrected chi connectivity index (χ0v) is 13.1. The van der Waals surface area contributed by atoms with E-state index in [1.54, 1.807) is 0 Å². The van der Waals surface area contributed by atoms with Crippen molar-refractivity contribution in [3.63, 3.8) is 0 Å². The Kier molecular flexibility index (Phi) is 5.54. The maximum Gasteiger partial charge on any atom is 0.132 e. The van der Waals surface area contributed by atoms with Gasteiger partial charge in [0.25, 0.3) is 0 Å². The molecule has 0 radical (unpaired) electrons. The predicted octanol–water partition coefficient (Wildman–Crippen LogP) is 2.25. The number of anilines is 2. The van der Waals surface area contributed by atoms with Gasteiger partial charge in [0.15, 0.2) is 0 Å². The number of nitrogens with zero attached hydrogens (tertiary/aromatic N) is 4. The van der Waals surface area contributed by atoms with Gasteiger partial charge in [-0.05, 0) is 6.42 Å². The topological polar surface area (TPSA) is 67.7 Å². The molecule has 0 aliphatic carbocycles. The molecular weight excluding hydrogens is 264 g/mol. The van der Waals surface area contributed by atoms with Gasteiger partial charge in [0, 0.05) is 51.4 Å². The molecule has 0 unspecified atom stereocenters. The molecule has 0 aromatic carbocycles. The maximum absolute atomic E-state index is 4.51. The zero-order valence-electron chi connectivity index (χ0n) is 13.1. The lowest BCUT2D eigenvalue weighted by Crippen LogP contribution is -2.12. The average molecular weight is 288 g/mol. The molecule has 0 aliphatic heterocycles. The number of imidazole rings is 1. The number of aromatic nitrogens is 4. The van der Waals surface area contributed by atoms with E-state index in [2.05, 4.69) is 39.4 Å².